The first-order valence-corrected chi connectivity index (χ1v) is 5.66. The van der Waals surface area contributed by atoms with Crippen molar-refractivity contribution in [1.82, 2.24) is 0 Å². The standard InChI is InChI=1S/C14H14O4/c1-3-6-18-14(16)12-7-9-4-5-10(17-2)8-11(9)13(12)15/h3-5,8,12H,1,6-7H2,2H3. The van der Waals surface area contributed by atoms with Gasteiger partial charge in [-0.2, -0.15) is 0 Å². The number of carbonyl (C=O) groups is 2. The monoisotopic (exact) mass is 246 g/mol. The van der Waals surface area contributed by atoms with Crippen molar-refractivity contribution in [3.05, 3.63) is 42.0 Å². The van der Waals surface area contributed by atoms with E-state index < -0.39 is 11.9 Å². The van der Waals surface area contributed by atoms with Crippen LogP contribution in [0.1, 0.15) is 15.9 Å². The van der Waals surface area contributed by atoms with Gasteiger partial charge >= 0.3 is 5.97 Å². The van der Waals surface area contributed by atoms with E-state index in [1.54, 1.807) is 12.1 Å². The molecule has 0 radical (unpaired) electrons. The second-order valence-electron chi connectivity index (χ2n) is 4.06. The van der Waals surface area contributed by atoms with Gasteiger partial charge < -0.3 is 9.47 Å². The van der Waals surface area contributed by atoms with E-state index in [4.69, 9.17) is 9.47 Å². The number of benzene rings is 1. The summed E-state index contributed by atoms with van der Waals surface area (Å²) in [6.45, 7) is 3.59. The summed E-state index contributed by atoms with van der Waals surface area (Å²) in [7, 11) is 1.54. The number of rotatable bonds is 4. The first kappa shape index (κ1) is 12.4. The van der Waals surface area contributed by atoms with Gasteiger partial charge in [0.25, 0.3) is 0 Å². The molecule has 1 aromatic carbocycles. The molecule has 2 rings (SSSR count). The van der Waals surface area contributed by atoms with Crippen LogP contribution in [0.2, 0.25) is 0 Å². The first-order chi connectivity index (χ1) is 8.67. The van der Waals surface area contributed by atoms with E-state index >= 15 is 0 Å². The molecule has 0 bridgehead atoms. The Balaban J connectivity index is 2.19. The number of hydrogen-bond donors (Lipinski definition) is 0. The van der Waals surface area contributed by atoms with Crippen LogP contribution in [0.3, 0.4) is 0 Å². The summed E-state index contributed by atoms with van der Waals surface area (Å²) in [4.78, 5) is 23.8. The third kappa shape index (κ3) is 2.14. The Morgan fingerprint density at radius 3 is 3.00 bits per heavy atom. The predicted octanol–water partition coefficient (Wildman–Crippen LogP) is 1.78. The number of ether oxygens (including phenoxy) is 2. The number of esters is 1. The Bertz CT molecular complexity index is 505. The van der Waals surface area contributed by atoms with Crippen LogP contribution >= 0.6 is 0 Å². The molecular formula is C14H14O4. The van der Waals surface area contributed by atoms with Gasteiger partial charge in [0.2, 0.25) is 0 Å². The fourth-order valence-corrected chi connectivity index (χ4v) is 2.02. The molecule has 0 saturated heterocycles. The minimum atomic E-state index is -0.730. The van der Waals surface area contributed by atoms with Crippen LogP contribution in [0.25, 0.3) is 0 Å². The molecule has 0 N–H and O–H groups in total. The first-order valence-electron chi connectivity index (χ1n) is 5.66. The van der Waals surface area contributed by atoms with Gasteiger partial charge in [0.05, 0.1) is 7.11 Å². The van der Waals surface area contributed by atoms with Crippen molar-refractivity contribution in [3.8, 4) is 5.75 Å². The van der Waals surface area contributed by atoms with Gasteiger partial charge in [-0.25, -0.2) is 0 Å². The Hall–Kier alpha value is -2.10. The largest absolute Gasteiger partial charge is 0.497 e. The van der Waals surface area contributed by atoms with E-state index in [0.29, 0.717) is 17.7 Å². The smallest absolute Gasteiger partial charge is 0.317 e. The van der Waals surface area contributed by atoms with Crippen molar-refractivity contribution >= 4 is 11.8 Å². The molecule has 0 spiro atoms. The van der Waals surface area contributed by atoms with Crippen LogP contribution in [-0.2, 0) is 16.0 Å². The van der Waals surface area contributed by atoms with Crippen molar-refractivity contribution in [2.75, 3.05) is 13.7 Å². The molecule has 1 atom stereocenters. The Morgan fingerprint density at radius 1 is 1.56 bits per heavy atom. The van der Waals surface area contributed by atoms with Gasteiger partial charge in [0.15, 0.2) is 5.78 Å². The van der Waals surface area contributed by atoms with Crippen molar-refractivity contribution in [2.45, 2.75) is 6.42 Å². The molecule has 0 amide bonds. The van der Waals surface area contributed by atoms with Gasteiger partial charge in [-0.3, -0.25) is 9.59 Å². The van der Waals surface area contributed by atoms with Crippen molar-refractivity contribution in [1.29, 1.82) is 0 Å². The molecule has 18 heavy (non-hydrogen) atoms. The number of hydrogen-bond acceptors (Lipinski definition) is 4. The van der Waals surface area contributed by atoms with Gasteiger partial charge in [0, 0.05) is 5.56 Å². The van der Waals surface area contributed by atoms with E-state index in [2.05, 4.69) is 6.58 Å². The van der Waals surface area contributed by atoms with Crippen LogP contribution in [0, 0.1) is 5.92 Å². The lowest BCUT2D eigenvalue weighted by molar-refractivity contribution is -0.145. The molecular weight excluding hydrogens is 232 g/mol. The number of fused-ring (bicyclic) bond motifs is 1. The van der Waals surface area contributed by atoms with Gasteiger partial charge in [-0.1, -0.05) is 18.7 Å². The third-order valence-corrected chi connectivity index (χ3v) is 2.95. The zero-order chi connectivity index (χ0) is 13.1. The van der Waals surface area contributed by atoms with E-state index in [1.165, 1.54) is 13.2 Å². The molecule has 1 unspecified atom stereocenters. The highest BCUT2D eigenvalue weighted by Crippen LogP contribution is 2.30. The number of ketones is 1. The summed E-state index contributed by atoms with van der Waals surface area (Å²) in [5.41, 5.74) is 1.41. The average Bonchev–Trinajstić information content (AvgIpc) is 2.73. The molecule has 4 heteroatoms. The SMILES string of the molecule is C=CCOC(=O)C1Cc2ccc(OC)cc2C1=O. The minimum Gasteiger partial charge on any atom is -0.497 e. The molecule has 0 aromatic heterocycles. The molecule has 4 nitrogen and oxygen atoms in total. The summed E-state index contributed by atoms with van der Waals surface area (Å²) in [5.74, 6) is -0.803. The van der Waals surface area contributed by atoms with Crippen LogP contribution in [0.15, 0.2) is 30.9 Å². The summed E-state index contributed by atoms with van der Waals surface area (Å²) in [5, 5.41) is 0. The maximum Gasteiger partial charge on any atom is 0.317 e. The summed E-state index contributed by atoms with van der Waals surface area (Å²) in [6, 6.07) is 5.26. The molecule has 1 aromatic rings. The summed E-state index contributed by atoms with van der Waals surface area (Å²) >= 11 is 0. The number of carbonyl (C=O) groups excluding carboxylic acids is 2. The van der Waals surface area contributed by atoms with Gasteiger partial charge in [0.1, 0.15) is 18.3 Å². The predicted molar refractivity (Wildman–Crippen MR) is 65.7 cm³/mol. The zero-order valence-electron chi connectivity index (χ0n) is 10.1. The summed E-state index contributed by atoms with van der Waals surface area (Å²) in [6.07, 6.45) is 1.88. The molecule has 0 aliphatic heterocycles. The molecule has 94 valence electrons. The lowest BCUT2D eigenvalue weighted by Gasteiger charge is -2.06. The van der Waals surface area contributed by atoms with Gasteiger partial charge in [-0.15, -0.1) is 0 Å². The lowest BCUT2D eigenvalue weighted by Crippen LogP contribution is -2.23. The third-order valence-electron chi connectivity index (χ3n) is 2.95. The van der Waals surface area contributed by atoms with E-state index in [9.17, 15) is 9.59 Å². The Labute approximate surface area is 105 Å². The fourth-order valence-electron chi connectivity index (χ4n) is 2.02. The maximum atomic E-state index is 12.1. The van der Waals surface area contributed by atoms with E-state index in [-0.39, 0.29) is 12.4 Å². The summed E-state index contributed by atoms with van der Waals surface area (Å²) < 4.78 is 9.99. The molecule has 0 heterocycles. The highest BCUT2D eigenvalue weighted by Gasteiger charge is 2.37. The second kappa shape index (κ2) is 5.04. The molecule has 0 fully saturated rings. The highest BCUT2D eigenvalue weighted by atomic mass is 16.5. The molecule has 0 saturated carbocycles. The lowest BCUT2D eigenvalue weighted by atomic mass is 10.1. The maximum absolute atomic E-state index is 12.1. The van der Waals surface area contributed by atoms with E-state index in [0.717, 1.165) is 5.56 Å². The van der Waals surface area contributed by atoms with Gasteiger partial charge in [-0.05, 0) is 24.1 Å². The van der Waals surface area contributed by atoms with Crippen LogP contribution < -0.4 is 4.74 Å². The topological polar surface area (TPSA) is 52.6 Å². The Morgan fingerprint density at radius 2 is 2.33 bits per heavy atom. The zero-order valence-corrected chi connectivity index (χ0v) is 10.1. The second-order valence-corrected chi connectivity index (χ2v) is 4.06. The van der Waals surface area contributed by atoms with Crippen LogP contribution in [-0.4, -0.2) is 25.5 Å². The highest BCUT2D eigenvalue weighted by molar-refractivity contribution is 6.12. The van der Waals surface area contributed by atoms with Crippen molar-refractivity contribution in [3.63, 3.8) is 0 Å². The van der Waals surface area contributed by atoms with Crippen LogP contribution in [0.5, 0.6) is 5.75 Å². The number of methoxy groups -OCH3 is 1. The molecule has 1 aliphatic rings. The van der Waals surface area contributed by atoms with Crippen LogP contribution in [0.4, 0.5) is 0 Å². The average molecular weight is 246 g/mol. The quantitative estimate of drug-likeness (QED) is 0.461. The van der Waals surface area contributed by atoms with Crippen molar-refractivity contribution in [2.24, 2.45) is 5.92 Å². The van der Waals surface area contributed by atoms with E-state index in [1.807, 2.05) is 6.07 Å². The number of Topliss-reactive ketones (excluding diaryl/α,β-unsaturated/α-hetero) is 1. The molecule has 1 aliphatic carbocycles. The van der Waals surface area contributed by atoms with Crippen molar-refractivity contribution < 1.29 is 19.1 Å². The fraction of sp³-hybridized carbons (Fsp3) is 0.286. The Kier molecular flexibility index (Phi) is 3.46. The normalized spacial score (nSPS) is 17.2. The minimum absolute atomic E-state index is 0.127.